The molecule has 114 valence electrons. The molecule has 2 heterocycles. The van der Waals surface area contributed by atoms with Gasteiger partial charge in [-0.1, -0.05) is 24.9 Å². The summed E-state index contributed by atoms with van der Waals surface area (Å²) in [5.41, 5.74) is 8.85. The third-order valence-electron chi connectivity index (χ3n) is 3.06. The molecule has 0 radical (unpaired) electrons. The van der Waals surface area contributed by atoms with Crippen molar-refractivity contribution in [1.82, 2.24) is 9.97 Å². The minimum atomic E-state index is -0.0138. The van der Waals surface area contributed by atoms with E-state index in [0.29, 0.717) is 10.8 Å². The Kier molecular flexibility index (Phi) is 6.89. The first-order valence-corrected chi connectivity index (χ1v) is 7.08. The van der Waals surface area contributed by atoms with E-state index in [1.807, 2.05) is 25.1 Å². The van der Waals surface area contributed by atoms with Crippen molar-refractivity contribution in [3.05, 3.63) is 46.9 Å². The van der Waals surface area contributed by atoms with Crippen LogP contribution in [0.25, 0.3) is 0 Å². The van der Waals surface area contributed by atoms with Crippen molar-refractivity contribution in [2.75, 3.05) is 5.32 Å². The van der Waals surface area contributed by atoms with E-state index >= 15 is 0 Å². The molecule has 0 amide bonds. The van der Waals surface area contributed by atoms with Crippen LogP contribution in [0, 0.1) is 6.92 Å². The van der Waals surface area contributed by atoms with Gasteiger partial charge in [0.15, 0.2) is 0 Å². The first-order chi connectivity index (χ1) is 9.60. The molecular weight excluding hydrogens is 307 g/mol. The zero-order valence-corrected chi connectivity index (χ0v) is 13.7. The molecule has 6 heteroatoms. The number of hydrogen-bond acceptors (Lipinski definition) is 4. The fourth-order valence-electron chi connectivity index (χ4n) is 1.90. The summed E-state index contributed by atoms with van der Waals surface area (Å²) in [5, 5.41) is 3.72. The molecule has 0 aromatic carbocycles. The predicted octanol–water partition coefficient (Wildman–Crippen LogP) is 4.40. The number of anilines is 2. The number of halogens is 2. The maximum absolute atomic E-state index is 6.25. The van der Waals surface area contributed by atoms with Gasteiger partial charge < -0.3 is 11.1 Å². The Morgan fingerprint density at radius 2 is 2.05 bits per heavy atom. The molecule has 2 aromatic rings. The Bertz CT molecular complexity index is 572. The van der Waals surface area contributed by atoms with Crippen LogP contribution in [0.5, 0.6) is 0 Å². The van der Waals surface area contributed by atoms with Gasteiger partial charge in [-0.15, -0.1) is 12.4 Å². The lowest BCUT2D eigenvalue weighted by Gasteiger charge is -2.13. The third kappa shape index (κ3) is 4.84. The predicted molar refractivity (Wildman–Crippen MR) is 90.6 cm³/mol. The van der Waals surface area contributed by atoms with E-state index in [0.717, 1.165) is 29.8 Å². The maximum Gasteiger partial charge on any atom is 0.149 e. The number of hydrogen-bond donors (Lipinski definition) is 2. The van der Waals surface area contributed by atoms with Gasteiger partial charge in [0.2, 0.25) is 0 Å². The van der Waals surface area contributed by atoms with Gasteiger partial charge in [-0.05, 0) is 37.1 Å². The first-order valence-electron chi connectivity index (χ1n) is 6.71. The highest BCUT2D eigenvalue weighted by molar-refractivity contribution is 6.33. The fourth-order valence-corrected chi connectivity index (χ4v) is 2.13. The smallest absolute Gasteiger partial charge is 0.149 e. The van der Waals surface area contributed by atoms with Gasteiger partial charge in [0.05, 0.1) is 16.9 Å². The summed E-state index contributed by atoms with van der Waals surface area (Å²) in [5.74, 6) is 0.616. The van der Waals surface area contributed by atoms with Crippen molar-refractivity contribution >= 4 is 35.5 Å². The van der Waals surface area contributed by atoms with Gasteiger partial charge in [-0.2, -0.15) is 0 Å². The minimum absolute atomic E-state index is 0. The van der Waals surface area contributed by atoms with E-state index in [2.05, 4.69) is 22.2 Å². The molecule has 21 heavy (non-hydrogen) atoms. The van der Waals surface area contributed by atoms with Gasteiger partial charge in [0.1, 0.15) is 5.82 Å². The number of rotatable bonds is 5. The van der Waals surface area contributed by atoms with Crippen LogP contribution < -0.4 is 11.1 Å². The highest BCUT2D eigenvalue weighted by atomic mass is 35.5. The van der Waals surface area contributed by atoms with Crippen molar-refractivity contribution in [2.45, 2.75) is 32.7 Å². The molecule has 1 atom stereocenters. The van der Waals surface area contributed by atoms with Gasteiger partial charge >= 0.3 is 0 Å². The van der Waals surface area contributed by atoms with Crippen molar-refractivity contribution in [3.63, 3.8) is 0 Å². The van der Waals surface area contributed by atoms with Crippen LogP contribution in [0.4, 0.5) is 11.5 Å². The van der Waals surface area contributed by atoms with Crippen LogP contribution in [0.3, 0.4) is 0 Å². The molecular formula is C15H20Cl2N4. The third-order valence-corrected chi connectivity index (χ3v) is 3.35. The molecule has 0 aliphatic rings. The average molecular weight is 327 g/mol. The number of nitrogens with two attached hydrogens (primary N) is 1. The second kappa shape index (κ2) is 8.17. The molecule has 3 N–H and O–H groups in total. The molecule has 0 saturated carbocycles. The Morgan fingerprint density at radius 3 is 2.62 bits per heavy atom. The van der Waals surface area contributed by atoms with Crippen molar-refractivity contribution in [2.24, 2.45) is 5.73 Å². The van der Waals surface area contributed by atoms with E-state index < -0.39 is 0 Å². The van der Waals surface area contributed by atoms with Crippen molar-refractivity contribution < 1.29 is 0 Å². The fraction of sp³-hybridized carbons (Fsp3) is 0.333. The van der Waals surface area contributed by atoms with E-state index in [-0.39, 0.29) is 18.4 Å². The Hall–Kier alpha value is -1.36. The second-order valence-electron chi connectivity index (χ2n) is 4.81. The van der Waals surface area contributed by atoms with Gasteiger partial charge in [-0.25, -0.2) is 4.98 Å². The van der Waals surface area contributed by atoms with Crippen molar-refractivity contribution in [3.8, 4) is 0 Å². The summed E-state index contributed by atoms with van der Waals surface area (Å²) in [7, 11) is 0. The van der Waals surface area contributed by atoms with Gasteiger partial charge in [0.25, 0.3) is 0 Å². The van der Waals surface area contributed by atoms with Crippen molar-refractivity contribution in [1.29, 1.82) is 0 Å². The SMILES string of the molecule is CCC[C@@H](N)c1cnc(Nc2ccc(C)nc2)c(Cl)c1.Cl. The highest BCUT2D eigenvalue weighted by Crippen LogP contribution is 2.26. The number of pyridine rings is 2. The summed E-state index contributed by atoms with van der Waals surface area (Å²) in [6.07, 6.45) is 5.49. The lowest BCUT2D eigenvalue weighted by molar-refractivity contribution is 0.636. The Morgan fingerprint density at radius 1 is 1.29 bits per heavy atom. The monoisotopic (exact) mass is 326 g/mol. The Balaban J connectivity index is 0.00000220. The topological polar surface area (TPSA) is 63.8 Å². The van der Waals surface area contributed by atoms with Gasteiger partial charge in [-0.3, -0.25) is 4.98 Å². The van der Waals surface area contributed by atoms with Crippen LogP contribution in [0.15, 0.2) is 30.6 Å². The molecule has 0 aliphatic carbocycles. The normalized spacial score (nSPS) is 11.6. The highest BCUT2D eigenvalue weighted by Gasteiger charge is 2.09. The zero-order valence-electron chi connectivity index (χ0n) is 12.1. The largest absolute Gasteiger partial charge is 0.338 e. The minimum Gasteiger partial charge on any atom is -0.338 e. The van der Waals surface area contributed by atoms with E-state index in [1.54, 1.807) is 12.4 Å². The summed E-state index contributed by atoms with van der Waals surface area (Å²) in [6, 6.07) is 5.73. The van der Waals surface area contributed by atoms with E-state index in [1.165, 1.54) is 0 Å². The van der Waals surface area contributed by atoms with Crippen LogP contribution in [0.1, 0.15) is 37.1 Å². The first kappa shape index (κ1) is 17.7. The summed E-state index contributed by atoms with van der Waals surface area (Å²) >= 11 is 6.25. The summed E-state index contributed by atoms with van der Waals surface area (Å²) in [4.78, 5) is 8.57. The number of aryl methyl sites for hydroxylation is 1. The van der Waals surface area contributed by atoms with Crippen LogP contribution >= 0.6 is 24.0 Å². The summed E-state index contributed by atoms with van der Waals surface area (Å²) in [6.45, 7) is 4.05. The molecule has 0 bridgehead atoms. The quantitative estimate of drug-likeness (QED) is 0.854. The Labute approximate surface area is 136 Å². The lowest BCUT2D eigenvalue weighted by atomic mass is 10.1. The molecule has 0 saturated heterocycles. The number of nitrogens with one attached hydrogen (secondary N) is 1. The molecule has 0 aliphatic heterocycles. The summed E-state index contributed by atoms with van der Waals surface area (Å²) < 4.78 is 0. The lowest BCUT2D eigenvalue weighted by Crippen LogP contribution is -2.10. The number of nitrogens with zero attached hydrogens (tertiary/aromatic N) is 2. The van der Waals surface area contributed by atoms with E-state index in [4.69, 9.17) is 17.3 Å². The number of aromatic nitrogens is 2. The molecule has 2 aromatic heterocycles. The van der Waals surface area contributed by atoms with Crippen LogP contribution in [0.2, 0.25) is 5.02 Å². The van der Waals surface area contributed by atoms with E-state index in [9.17, 15) is 0 Å². The van der Waals surface area contributed by atoms with Crippen LogP contribution in [-0.4, -0.2) is 9.97 Å². The second-order valence-corrected chi connectivity index (χ2v) is 5.21. The average Bonchev–Trinajstić information content (AvgIpc) is 2.43. The van der Waals surface area contributed by atoms with Crippen LogP contribution in [-0.2, 0) is 0 Å². The molecule has 0 unspecified atom stereocenters. The molecule has 0 fully saturated rings. The maximum atomic E-state index is 6.25. The molecule has 0 spiro atoms. The standard InChI is InChI=1S/C15H19ClN4.ClH/c1-3-4-14(17)11-7-13(16)15(19-8-11)20-12-6-5-10(2)18-9-12;/h5-9,14H,3-4,17H2,1-2H3,(H,19,20);1H/t14-;/m1./s1. The molecule has 4 nitrogen and oxygen atoms in total. The zero-order chi connectivity index (χ0) is 14.5. The van der Waals surface area contributed by atoms with Gasteiger partial charge in [0, 0.05) is 17.9 Å². The molecule has 2 rings (SSSR count).